The molecule has 0 aliphatic rings. The molecule has 0 aliphatic carbocycles. The maximum Gasteiger partial charge on any atom is 0.161 e. The highest BCUT2D eigenvalue weighted by Crippen LogP contribution is 2.12. The number of aliphatic hydroxyl groups is 2. The molecule has 0 unspecified atom stereocenters. The van der Waals surface area contributed by atoms with Crippen LogP contribution in [-0.2, 0) is 16.1 Å². The summed E-state index contributed by atoms with van der Waals surface area (Å²) in [5, 5.41) is 18.2. The fourth-order valence-corrected chi connectivity index (χ4v) is 1.51. The lowest BCUT2D eigenvalue weighted by molar-refractivity contribution is -0.143. The molecule has 0 aromatic heterocycles. The second-order valence-corrected chi connectivity index (χ2v) is 4.02. The van der Waals surface area contributed by atoms with Crippen molar-refractivity contribution in [3.8, 4) is 0 Å². The standard InChI is InChI=1S/C13H17FO4/c1-9(16)13(12(17)11(14)7-15)18-8-10-5-3-2-4-6-10/h2-6,11-13,15,17H,7-8H2,1H3/t11-,12-,13+/m0/s1. The van der Waals surface area contributed by atoms with Crippen LogP contribution in [0.25, 0.3) is 0 Å². The number of carbonyl (C=O) groups is 1. The van der Waals surface area contributed by atoms with Crippen molar-refractivity contribution in [1.82, 2.24) is 0 Å². The molecule has 0 heterocycles. The molecule has 0 spiro atoms. The van der Waals surface area contributed by atoms with Crippen molar-refractivity contribution < 1.29 is 24.1 Å². The Morgan fingerprint density at radius 2 is 2.00 bits per heavy atom. The van der Waals surface area contributed by atoms with Gasteiger partial charge in [0.25, 0.3) is 0 Å². The van der Waals surface area contributed by atoms with Gasteiger partial charge in [-0.1, -0.05) is 30.3 Å². The van der Waals surface area contributed by atoms with Crippen LogP contribution in [0.3, 0.4) is 0 Å². The van der Waals surface area contributed by atoms with Gasteiger partial charge in [0.15, 0.2) is 12.0 Å². The first-order chi connectivity index (χ1) is 8.56. The van der Waals surface area contributed by atoms with E-state index in [9.17, 15) is 14.3 Å². The smallest absolute Gasteiger partial charge is 0.161 e. The topological polar surface area (TPSA) is 66.8 Å². The van der Waals surface area contributed by atoms with Gasteiger partial charge in [-0.05, 0) is 12.5 Å². The third-order valence-corrected chi connectivity index (χ3v) is 2.53. The summed E-state index contributed by atoms with van der Waals surface area (Å²) in [6, 6.07) is 9.04. The van der Waals surface area contributed by atoms with Crippen LogP contribution in [0.5, 0.6) is 0 Å². The van der Waals surface area contributed by atoms with Crippen molar-refractivity contribution >= 4 is 5.78 Å². The number of hydrogen-bond donors (Lipinski definition) is 2. The molecular weight excluding hydrogens is 239 g/mol. The Morgan fingerprint density at radius 1 is 1.39 bits per heavy atom. The minimum absolute atomic E-state index is 0.0975. The molecule has 1 aromatic rings. The SMILES string of the molecule is CC(=O)[C@@H](OCc1ccccc1)[C@@H](O)[C@@H](F)CO. The summed E-state index contributed by atoms with van der Waals surface area (Å²) in [6.07, 6.45) is -4.82. The fraction of sp³-hybridized carbons (Fsp3) is 0.462. The van der Waals surface area contributed by atoms with E-state index in [1.807, 2.05) is 18.2 Å². The van der Waals surface area contributed by atoms with Gasteiger partial charge in [-0.25, -0.2) is 4.39 Å². The Kier molecular flexibility index (Phi) is 5.91. The van der Waals surface area contributed by atoms with E-state index in [1.165, 1.54) is 6.92 Å². The molecule has 0 amide bonds. The zero-order valence-electron chi connectivity index (χ0n) is 10.1. The molecule has 0 aliphatic heterocycles. The highest BCUT2D eigenvalue weighted by atomic mass is 19.1. The van der Waals surface area contributed by atoms with E-state index in [1.54, 1.807) is 12.1 Å². The summed E-state index contributed by atoms with van der Waals surface area (Å²) >= 11 is 0. The van der Waals surface area contributed by atoms with Crippen molar-refractivity contribution in [2.75, 3.05) is 6.61 Å². The molecule has 0 saturated carbocycles. The van der Waals surface area contributed by atoms with Gasteiger partial charge in [0.05, 0.1) is 13.2 Å². The lowest BCUT2D eigenvalue weighted by Gasteiger charge is -2.22. The van der Waals surface area contributed by atoms with Gasteiger partial charge >= 0.3 is 0 Å². The van der Waals surface area contributed by atoms with E-state index >= 15 is 0 Å². The second-order valence-electron chi connectivity index (χ2n) is 4.02. The summed E-state index contributed by atoms with van der Waals surface area (Å²) in [6.45, 7) is 0.461. The number of rotatable bonds is 7. The molecule has 3 atom stereocenters. The van der Waals surface area contributed by atoms with Gasteiger partial charge < -0.3 is 14.9 Å². The van der Waals surface area contributed by atoms with Crippen LogP contribution in [0.4, 0.5) is 4.39 Å². The first-order valence-electron chi connectivity index (χ1n) is 5.65. The Bertz CT molecular complexity index is 369. The predicted octanol–water partition coefficient (Wildman–Crippen LogP) is 0.852. The lowest BCUT2D eigenvalue weighted by atomic mass is 10.1. The maximum atomic E-state index is 13.1. The normalized spacial score (nSPS) is 16.0. The Balaban J connectivity index is 2.61. The highest BCUT2D eigenvalue weighted by Gasteiger charge is 2.31. The van der Waals surface area contributed by atoms with Crippen LogP contribution >= 0.6 is 0 Å². The monoisotopic (exact) mass is 256 g/mol. The zero-order valence-corrected chi connectivity index (χ0v) is 10.1. The van der Waals surface area contributed by atoms with Crippen LogP contribution in [0.2, 0.25) is 0 Å². The van der Waals surface area contributed by atoms with Gasteiger partial charge in [0.2, 0.25) is 0 Å². The zero-order chi connectivity index (χ0) is 13.5. The van der Waals surface area contributed by atoms with Crippen LogP contribution in [0.1, 0.15) is 12.5 Å². The molecule has 0 bridgehead atoms. The first kappa shape index (κ1) is 14.8. The number of carbonyl (C=O) groups excluding carboxylic acids is 1. The van der Waals surface area contributed by atoms with Gasteiger partial charge in [-0.15, -0.1) is 0 Å². The minimum atomic E-state index is -1.89. The number of alkyl halides is 1. The summed E-state index contributed by atoms with van der Waals surface area (Å²) in [7, 11) is 0. The van der Waals surface area contributed by atoms with Crippen molar-refractivity contribution in [2.45, 2.75) is 31.9 Å². The molecular formula is C13H17FO4. The maximum absolute atomic E-state index is 13.1. The summed E-state index contributed by atoms with van der Waals surface area (Å²) in [5.41, 5.74) is 0.815. The number of benzene rings is 1. The average Bonchev–Trinajstić information content (AvgIpc) is 2.38. The molecule has 0 fully saturated rings. The van der Waals surface area contributed by atoms with Crippen LogP contribution in [0.15, 0.2) is 30.3 Å². The number of aliphatic hydroxyl groups excluding tert-OH is 2. The fourth-order valence-electron chi connectivity index (χ4n) is 1.51. The summed E-state index contributed by atoms with van der Waals surface area (Å²) in [4.78, 5) is 11.3. The number of halogens is 1. The van der Waals surface area contributed by atoms with E-state index in [0.29, 0.717) is 0 Å². The molecule has 5 heteroatoms. The number of ketones is 1. The van der Waals surface area contributed by atoms with Crippen LogP contribution in [0, 0.1) is 0 Å². The van der Waals surface area contributed by atoms with Gasteiger partial charge in [-0.2, -0.15) is 0 Å². The lowest BCUT2D eigenvalue weighted by Crippen LogP contribution is -2.42. The van der Waals surface area contributed by atoms with Gasteiger partial charge in [0.1, 0.15) is 12.2 Å². The van der Waals surface area contributed by atoms with E-state index in [-0.39, 0.29) is 6.61 Å². The van der Waals surface area contributed by atoms with E-state index in [0.717, 1.165) is 5.56 Å². The molecule has 0 saturated heterocycles. The predicted molar refractivity (Wildman–Crippen MR) is 63.7 cm³/mol. The van der Waals surface area contributed by atoms with Crippen LogP contribution in [-0.4, -0.2) is 41.0 Å². The second kappa shape index (κ2) is 7.20. The van der Waals surface area contributed by atoms with Gasteiger partial charge in [-0.3, -0.25) is 4.79 Å². The molecule has 1 rings (SSSR count). The highest BCUT2D eigenvalue weighted by molar-refractivity contribution is 5.81. The van der Waals surface area contributed by atoms with E-state index in [2.05, 4.69) is 0 Å². The van der Waals surface area contributed by atoms with Crippen molar-refractivity contribution in [2.24, 2.45) is 0 Å². The third-order valence-electron chi connectivity index (χ3n) is 2.53. The Hall–Kier alpha value is -1.30. The van der Waals surface area contributed by atoms with Crippen molar-refractivity contribution in [1.29, 1.82) is 0 Å². The molecule has 2 N–H and O–H groups in total. The first-order valence-corrected chi connectivity index (χ1v) is 5.65. The number of ether oxygens (including phenoxy) is 1. The third kappa shape index (κ3) is 4.18. The van der Waals surface area contributed by atoms with Gasteiger partial charge in [0, 0.05) is 0 Å². The Morgan fingerprint density at radius 3 is 2.50 bits per heavy atom. The van der Waals surface area contributed by atoms with Crippen molar-refractivity contribution in [3.05, 3.63) is 35.9 Å². The molecule has 18 heavy (non-hydrogen) atoms. The van der Waals surface area contributed by atoms with Crippen LogP contribution < -0.4 is 0 Å². The number of hydrogen-bond acceptors (Lipinski definition) is 4. The Labute approximate surface area is 105 Å². The minimum Gasteiger partial charge on any atom is -0.393 e. The summed E-state index contributed by atoms with van der Waals surface area (Å²) < 4.78 is 18.4. The van der Waals surface area contributed by atoms with E-state index < -0.39 is 30.8 Å². The molecule has 0 radical (unpaired) electrons. The van der Waals surface area contributed by atoms with Crippen molar-refractivity contribution in [3.63, 3.8) is 0 Å². The number of Topliss-reactive ketones (excluding diaryl/α,β-unsaturated/α-hetero) is 1. The average molecular weight is 256 g/mol. The molecule has 100 valence electrons. The van der Waals surface area contributed by atoms with E-state index in [4.69, 9.17) is 9.84 Å². The summed E-state index contributed by atoms with van der Waals surface area (Å²) in [5.74, 6) is -0.477. The molecule has 1 aromatic carbocycles. The molecule has 4 nitrogen and oxygen atoms in total. The quantitative estimate of drug-likeness (QED) is 0.759. The largest absolute Gasteiger partial charge is 0.393 e.